The topological polar surface area (TPSA) is 51.0 Å². The Morgan fingerprint density at radius 2 is 2.28 bits per heavy atom. The minimum absolute atomic E-state index is 0.656. The van der Waals surface area contributed by atoms with E-state index in [1.165, 1.54) is 5.56 Å². The highest BCUT2D eigenvalue weighted by molar-refractivity contribution is 9.10. The van der Waals surface area contributed by atoms with Crippen LogP contribution in [0.3, 0.4) is 0 Å². The smallest absolute Gasteiger partial charge is 0.199 e. The van der Waals surface area contributed by atoms with Crippen LogP contribution in [0.4, 0.5) is 5.82 Å². The molecule has 2 aromatic heterocycles. The second kappa shape index (κ2) is 4.72. The van der Waals surface area contributed by atoms with Gasteiger partial charge in [-0.05, 0) is 48.2 Å². The SMILES string of the molecule is CCNc1nc(-c2occc2Br)nc2c1CCC2. The zero-order valence-electron chi connectivity index (χ0n) is 10.2. The van der Waals surface area contributed by atoms with Crippen LogP contribution in [-0.4, -0.2) is 16.5 Å². The highest BCUT2D eigenvalue weighted by Crippen LogP contribution is 2.32. The largest absolute Gasteiger partial charge is 0.460 e. The van der Waals surface area contributed by atoms with Crippen LogP contribution in [0, 0.1) is 0 Å². The van der Waals surface area contributed by atoms with Crippen molar-refractivity contribution in [3.63, 3.8) is 0 Å². The predicted molar refractivity (Wildman–Crippen MR) is 73.6 cm³/mol. The first-order chi connectivity index (χ1) is 8.79. The van der Waals surface area contributed by atoms with Gasteiger partial charge in [-0.25, -0.2) is 9.97 Å². The summed E-state index contributed by atoms with van der Waals surface area (Å²) in [5, 5.41) is 3.32. The molecule has 0 aromatic carbocycles. The molecule has 1 N–H and O–H groups in total. The average molecular weight is 308 g/mol. The van der Waals surface area contributed by atoms with Crippen molar-refractivity contribution in [2.24, 2.45) is 0 Å². The summed E-state index contributed by atoms with van der Waals surface area (Å²) in [6.07, 6.45) is 4.90. The summed E-state index contributed by atoms with van der Waals surface area (Å²) >= 11 is 3.45. The van der Waals surface area contributed by atoms with Crippen molar-refractivity contribution >= 4 is 21.7 Å². The summed E-state index contributed by atoms with van der Waals surface area (Å²) in [6.45, 7) is 2.94. The van der Waals surface area contributed by atoms with Crippen LogP contribution in [0.15, 0.2) is 21.2 Å². The summed E-state index contributed by atoms with van der Waals surface area (Å²) in [6, 6.07) is 1.86. The third-order valence-electron chi connectivity index (χ3n) is 3.10. The maximum atomic E-state index is 5.44. The minimum Gasteiger partial charge on any atom is -0.460 e. The standard InChI is InChI=1S/C13H14BrN3O/c1-2-15-12-8-4-3-5-10(8)16-13(17-12)11-9(14)6-7-18-11/h6-7H,2-5H2,1H3,(H,15,16,17). The molecule has 0 bridgehead atoms. The van der Waals surface area contributed by atoms with Crippen LogP contribution in [0.1, 0.15) is 24.6 Å². The molecule has 0 fully saturated rings. The van der Waals surface area contributed by atoms with Gasteiger partial charge in [0.15, 0.2) is 11.6 Å². The minimum atomic E-state index is 0.656. The molecule has 0 unspecified atom stereocenters. The number of nitrogens with zero attached hydrogens (tertiary/aromatic N) is 2. The predicted octanol–water partition coefficient (Wildman–Crippen LogP) is 3.42. The summed E-state index contributed by atoms with van der Waals surface area (Å²) in [7, 11) is 0. The number of nitrogens with one attached hydrogen (secondary N) is 1. The quantitative estimate of drug-likeness (QED) is 0.944. The fourth-order valence-electron chi connectivity index (χ4n) is 2.30. The molecule has 2 heterocycles. The van der Waals surface area contributed by atoms with E-state index in [1.807, 2.05) is 6.07 Å². The van der Waals surface area contributed by atoms with Crippen molar-refractivity contribution in [3.8, 4) is 11.6 Å². The van der Waals surface area contributed by atoms with E-state index in [9.17, 15) is 0 Å². The number of hydrogen-bond donors (Lipinski definition) is 1. The lowest BCUT2D eigenvalue weighted by Crippen LogP contribution is -2.06. The van der Waals surface area contributed by atoms with Crippen LogP contribution in [0.5, 0.6) is 0 Å². The van der Waals surface area contributed by atoms with Gasteiger partial charge in [0, 0.05) is 17.8 Å². The first-order valence-corrected chi connectivity index (χ1v) is 6.96. The van der Waals surface area contributed by atoms with Gasteiger partial charge >= 0.3 is 0 Å². The van der Waals surface area contributed by atoms with Crippen LogP contribution >= 0.6 is 15.9 Å². The lowest BCUT2D eigenvalue weighted by Gasteiger charge is -2.10. The van der Waals surface area contributed by atoms with Crippen LogP contribution in [-0.2, 0) is 12.8 Å². The van der Waals surface area contributed by atoms with Gasteiger partial charge < -0.3 is 9.73 Å². The molecule has 1 aliphatic rings. The number of rotatable bonds is 3. The van der Waals surface area contributed by atoms with E-state index in [1.54, 1.807) is 6.26 Å². The molecule has 0 saturated heterocycles. The zero-order valence-corrected chi connectivity index (χ0v) is 11.7. The first-order valence-electron chi connectivity index (χ1n) is 6.16. The molecule has 0 amide bonds. The Morgan fingerprint density at radius 3 is 3.00 bits per heavy atom. The van der Waals surface area contributed by atoms with Gasteiger partial charge in [-0.2, -0.15) is 0 Å². The number of furan rings is 1. The Kier molecular flexibility index (Phi) is 3.07. The number of aromatic nitrogens is 2. The van der Waals surface area contributed by atoms with Crippen molar-refractivity contribution in [2.45, 2.75) is 26.2 Å². The Balaban J connectivity index is 2.12. The number of anilines is 1. The second-order valence-corrected chi connectivity index (χ2v) is 5.16. The molecule has 2 aromatic rings. The Labute approximate surface area is 114 Å². The maximum Gasteiger partial charge on any atom is 0.199 e. The van der Waals surface area contributed by atoms with Gasteiger partial charge in [-0.15, -0.1) is 0 Å². The summed E-state index contributed by atoms with van der Waals surface area (Å²) < 4.78 is 6.34. The van der Waals surface area contributed by atoms with Crippen molar-refractivity contribution in [1.82, 2.24) is 9.97 Å². The van der Waals surface area contributed by atoms with Crippen molar-refractivity contribution in [2.75, 3.05) is 11.9 Å². The molecule has 0 spiro atoms. The highest BCUT2D eigenvalue weighted by atomic mass is 79.9. The Morgan fingerprint density at radius 1 is 1.39 bits per heavy atom. The van der Waals surface area contributed by atoms with Gasteiger partial charge in [0.25, 0.3) is 0 Å². The Hall–Kier alpha value is -1.36. The summed E-state index contributed by atoms with van der Waals surface area (Å²) in [4.78, 5) is 9.22. The lowest BCUT2D eigenvalue weighted by atomic mass is 10.2. The number of halogens is 1. The van der Waals surface area contributed by atoms with E-state index < -0.39 is 0 Å². The number of hydrogen-bond acceptors (Lipinski definition) is 4. The molecule has 0 atom stereocenters. The average Bonchev–Trinajstić information content (AvgIpc) is 2.97. The number of fused-ring (bicyclic) bond motifs is 1. The molecule has 0 saturated carbocycles. The number of aryl methyl sites for hydroxylation is 1. The molecule has 94 valence electrons. The first kappa shape index (κ1) is 11.7. The molecule has 0 radical (unpaired) electrons. The van der Waals surface area contributed by atoms with E-state index in [0.717, 1.165) is 41.8 Å². The van der Waals surface area contributed by atoms with E-state index in [4.69, 9.17) is 4.42 Å². The van der Waals surface area contributed by atoms with Crippen LogP contribution in [0.25, 0.3) is 11.6 Å². The third kappa shape index (κ3) is 1.92. The van der Waals surface area contributed by atoms with Crippen molar-refractivity contribution < 1.29 is 4.42 Å². The molecule has 0 aliphatic heterocycles. The van der Waals surface area contributed by atoms with Gasteiger partial charge in [0.2, 0.25) is 0 Å². The van der Waals surface area contributed by atoms with Crippen molar-refractivity contribution in [1.29, 1.82) is 0 Å². The van der Waals surface area contributed by atoms with E-state index >= 15 is 0 Å². The lowest BCUT2D eigenvalue weighted by molar-refractivity contribution is 0.575. The van der Waals surface area contributed by atoms with E-state index in [-0.39, 0.29) is 0 Å². The normalized spacial score (nSPS) is 13.7. The molecule has 18 heavy (non-hydrogen) atoms. The molecule has 1 aliphatic carbocycles. The third-order valence-corrected chi connectivity index (χ3v) is 3.72. The van der Waals surface area contributed by atoms with E-state index in [2.05, 4.69) is 38.1 Å². The fourth-order valence-corrected chi connectivity index (χ4v) is 2.68. The zero-order chi connectivity index (χ0) is 12.5. The molecular formula is C13H14BrN3O. The molecular weight excluding hydrogens is 294 g/mol. The fraction of sp³-hybridized carbons (Fsp3) is 0.385. The van der Waals surface area contributed by atoms with Crippen molar-refractivity contribution in [3.05, 3.63) is 28.1 Å². The molecule has 4 nitrogen and oxygen atoms in total. The van der Waals surface area contributed by atoms with Gasteiger partial charge in [0.1, 0.15) is 5.82 Å². The monoisotopic (exact) mass is 307 g/mol. The van der Waals surface area contributed by atoms with Crippen LogP contribution in [0.2, 0.25) is 0 Å². The van der Waals surface area contributed by atoms with E-state index in [0.29, 0.717) is 11.6 Å². The highest BCUT2D eigenvalue weighted by Gasteiger charge is 2.21. The molecule has 3 rings (SSSR count). The summed E-state index contributed by atoms with van der Waals surface area (Å²) in [5.74, 6) is 2.31. The Bertz CT molecular complexity index is 580. The van der Waals surface area contributed by atoms with Gasteiger partial charge in [-0.1, -0.05) is 0 Å². The summed E-state index contributed by atoms with van der Waals surface area (Å²) in [5.41, 5.74) is 2.42. The second-order valence-electron chi connectivity index (χ2n) is 4.30. The van der Waals surface area contributed by atoms with Crippen LogP contribution < -0.4 is 5.32 Å². The van der Waals surface area contributed by atoms with Gasteiger partial charge in [-0.3, -0.25) is 0 Å². The molecule has 5 heteroatoms. The maximum absolute atomic E-state index is 5.44. The van der Waals surface area contributed by atoms with Gasteiger partial charge in [0.05, 0.1) is 10.7 Å².